The third-order valence-electron chi connectivity index (χ3n) is 3.26. The maximum absolute atomic E-state index is 11.5. The highest BCUT2D eigenvalue weighted by atomic mass is 35.5. The molecule has 0 aliphatic rings. The number of esters is 1. The van der Waals surface area contributed by atoms with Gasteiger partial charge in [-0.15, -0.1) is 0 Å². The van der Waals surface area contributed by atoms with E-state index in [0.29, 0.717) is 16.3 Å². The first-order valence-electron chi connectivity index (χ1n) is 7.32. The molecule has 0 heterocycles. The van der Waals surface area contributed by atoms with Crippen LogP contribution in [0.4, 0.5) is 0 Å². The molecule has 128 valence electrons. The van der Waals surface area contributed by atoms with Crippen LogP contribution in [-0.2, 0) is 9.53 Å². The fraction of sp³-hybridized carbons (Fsp3) is 0.158. The Kier molecular flexibility index (Phi) is 6.58. The number of ether oxygens (including phenoxy) is 3. The first kappa shape index (κ1) is 18.5. The lowest BCUT2D eigenvalue weighted by atomic mass is 10.0. The van der Waals surface area contributed by atoms with Gasteiger partial charge in [-0.3, -0.25) is 0 Å². The molecule has 0 aliphatic carbocycles. The van der Waals surface area contributed by atoms with E-state index in [1.54, 1.807) is 48.5 Å². The van der Waals surface area contributed by atoms with Gasteiger partial charge in [-0.1, -0.05) is 29.8 Å². The van der Waals surface area contributed by atoms with E-state index >= 15 is 0 Å². The van der Waals surface area contributed by atoms with Crippen molar-refractivity contribution < 1.29 is 19.0 Å². The summed E-state index contributed by atoms with van der Waals surface area (Å²) < 4.78 is 15.2. The largest absolute Gasteiger partial charge is 0.493 e. The van der Waals surface area contributed by atoms with Crippen LogP contribution in [0.5, 0.6) is 11.5 Å². The van der Waals surface area contributed by atoms with Gasteiger partial charge in [-0.05, 0) is 41.5 Å². The summed E-state index contributed by atoms with van der Waals surface area (Å²) in [5, 5.41) is 10.0. The van der Waals surface area contributed by atoms with Crippen molar-refractivity contribution in [2.24, 2.45) is 0 Å². The van der Waals surface area contributed by atoms with Crippen LogP contribution in [0.1, 0.15) is 11.1 Å². The van der Waals surface area contributed by atoms with Gasteiger partial charge in [0.1, 0.15) is 6.61 Å². The Hall–Kier alpha value is -2.81. The van der Waals surface area contributed by atoms with Gasteiger partial charge in [0.15, 0.2) is 11.5 Å². The Labute approximate surface area is 151 Å². The predicted molar refractivity (Wildman–Crippen MR) is 95.4 cm³/mol. The molecule has 6 heteroatoms. The van der Waals surface area contributed by atoms with Crippen molar-refractivity contribution in [1.82, 2.24) is 0 Å². The van der Waals surface area contributed by atoms with Crippen LogP contribution in [-0.4, -0.2) is 26.8 Å². The summed E-state index contributed by atoms with van der Waals surface area (Å²) in [4.78, 5) is 11.5. The Bertz CT molecular complexity index is 822. The summed E-state index contributed by atoms with van der Waals surface area (Å²) >= 11 is 5.87. The van der Waals surface area contributed by atoms with Crippen molar-refractivity contribution in [3.8, 4) is 17.6 Å². The number of hydrogen-bond acceptors (Lipinski definition) is 5. The minimum atomic E-state index is -0.525. The fourth-order valence-corrected chi connectivity index (χ4v) is 2.23. The number of hydrogen-bond donors (Lipinski definition) is 0. The Morgan fingerprint density at radius 1 is 1.16 bits per heavy atom. The molecule has 0 unspecified atom stereocenters. The molecule has 2 rings (SSSR count). The van der Waals surface area contributed by atoms with E-state index in [2.05, 4.69) is 6.07 Å². The molecule has 5 nitrogen and oxygen atoms in total. The number of carbonyl (C=O) groups is 1. The van der Waals surface area contributed by atoms with E-state index in [1.807, 2.05) is 0 Å². The highest BCUT2D eigenvalue weighted by molar-refractivity contribution is 6.30. The van der Waals surface area contributed by atoms with Gasteiger partial charge in [0.2, 0.25) is 0 Å². The molecule has 0 atom stereocenters. The Morgan fingerprint density at radius 2 is 1.88 bits per heavy atom. The molecule has 25 heavy (non-hydrogen) atoms. The van der Waals surface area contributed by atoms with Gasteiger partial charge in [0, 0.05) is 12.1 Å². The molecule has 0 amide bonds. The summed E-state index contributed by atoms with van der Waals surface area (Å²) in [6.45, 7) is -0.153. The average Bonchev–Trinajstić information content (AvgIpc) is 2.61. The fourth-order valence-electron chi connectivity index (χ4n) is 2.10. The van der Waals surface area contributed by atoms with E-state index in [0.717, 1.165) is 11.1 Å². The summed E-state index contributed by atoms with van der Waals surface area (Å²) in [7, 11) is 2.88. The standard InChI is InChI=1S/C19H16ClNO4/c1-23-12-19(22)25-17-8-3-13(10-18(17)24-2)9-15(11-21)14-4-6-16(20)7-5-14/h3-10H,12H2,1-2H3/b15-9+. The van der Waals surface area contributed by atoms with Crippen molar-refractivity contribution in [2.45, 2.75) is 0 Å². The van der Waals surface area contributed by atoms with Crippen LogP contribution >= 0.6 is 11.6 Å². The molecular formula is C19H16ClNO4. The summed E-state index contributed by atoms with van der Waals surface area (Å²) in [5.74, 6) is 0.140. The maximum atomic E-state index is 11.5. The summed E-state index contributed by atoms with van der Waals surface area (Å²) in [5.41, 5.74) is 1.96. The molecule has 0 aliphatic heterocycles. The van der Waals surface area contributed by atoms with Crippen LogP contribution in [0.15, 0.2) is 42.5 Å². The number of allylic oxidation sites excluding steroid dienone is 1. The third kappa shape index (κ3) is 5.08. The second-order valence-electron chi connectivity index (χ2n) is 4.99. The molecule has 0 fully saturated rings. The van der Waals surface area contributed by atoms with Crippen molar-refractivity contribution in [1.29, 1.82) is 5.26 Å². The molecule has 2 aromatic rings. The molecule has 0 aromatic heterocycles. The lowest BCUT2D eigenvalue weighted by molar-refractivity contribution is -0.138. The SMILES string of the molecule is COCC(=O)Oc1ccc(/C=C(\C#N)c2ccc(Cl)cc2)cc1OC. The second-order valence-corrected chi connectivity index (χ2v) is 5.43. The molecule has 0 radical (unpaired) electrons. The van der Waals surface area contributed by atoms with Crippen LogP contribution in [0.25, 0.3) is 11.6 Å². The summed E-state index contributed by atoms with van der Waals surface area (Å²) in [6.07, 6.45) is 1.71. The second kappa shape index (κ2) is 8.88. The number of benzene rings is 2. The zero-order chi connectivity index (χ0) is 18.2. The number of nitriles is 1. The number of rotatable bonds is 6. The maximum Gasteiger partial charge on any atom is 0.337 e. The monoisotopic (exact) mass is 357 g/mol. The van der Waals surface area contributed by atoms with Crippen molar-refractivity contribution in [2.75, 3.05) is 20.8 Å². The normalized spacial score (nSPS) is 10.9. The van der Waals surface area contributed by atoms with E-state index in [1.165, 1.54) is 14.2 Å². The molecule has 0 spiro atoms. The van der Waals surface area contributed by atoms with E-state index < -0.39 is 5.97 Å². The van der Waals surface area contributed by atoms with Gasteiger partial charge in [0.05, 0.1) is 18.8 Å². The molecule has 0 bridgehead atoms. The third-order valence-corrected chi connectivity index (χ3v) is 3.51. The molecular weight excluding hydrogens is 342 g/mol. The van der Waals surface area contributed by atoms with E-state index in [-0.39, 0.29) is 12.4 Å². The van der Waals surface area contributed by atoms with Gasteiger partial charge in [-0.2, -0.15) is 5.26 Å². The molecule has 0 saturated heterocycles. The molecule has 0 N–H and O–H groups in total. The number of carbonyl (C=O) groups excluding carboxylic acids is 1. The van der Waals surface area contributed by atoms with Crippen LogP contribution < -0.4 is 9.47 Å². The van der Waals surface area contributed by atoms with Crippen LogP contribution in [0, 0.1) is 11.3 Å². The number of nitrogens with zero attached hydrogens (tertiary/aromatic N) is 1. The minimum Gasteiger partial charge on any atom is -0.493 e. The van der Waals surface area contributed by atoms with Gasteiger partial charge in [0.25, 0.3) is 0 Å². The average molecular weight is 358 g/mol. The van der Waals surface area contributed by atoms with Crippen molar-refractivity contribution in [3.63, 3.8) is 0 Å². The lowest BCUT2D eigenvalue weighted by Gasteiger charge is -2.10. The van der Waals surface area contributed by atoms with Gasteiger partial charge >= 0.3 is 5.97 Å². The predicted octanol–water partition coefficient (Wildman–Crippen LogP) is 3.96. The minimum absolute atomic E-state index is 0.153. The van der Waals surface area contributed by atoms with Gasteiger partial charge in [-0.25, -0.2) is 4.79 Å². The molecule has 0 saturated carbocycles. The smallest absolute Gasteiger partial charge is 0.337 e. The van der Waals surface area contributed by atoms with Crippen LogP contribution in [0.3, 0.4) is 0 Å². The first-order chi connectivity index (χ1) is 12.1. The zero-order valence-corrected chi connectivity index (χ0v) is 14.5. The Morgan fingerprint density at radius 3 is 2.48 bits per heavy atom. The number of halogens is 1. The topological polar surface area (TPSA) is 68.5 Å². The molecule has 2 aromatic carbocycles. The first-order valence-corrected chi connectivity index (χ1v) is 7.70. The highest BCUT2D eigenvalue weighted by Gasteiger charge is 2.11. The lowest BCUT2D eigenvalue weighted by Crippen LogP contribution is -2.14. The highest BCUT2D eigenvalue weighted by Crippen LogP contribution is 2.30. The van der Waals surface area contributed by atoms with Crippen LogP contribution in [0.2, 0.25) is 5.02 Å². The van der Waals surface area contributed by atoms with Crippen molar-refractivity contribution in [3.05, 3.63) is 58.6 Å². The number of methoxy groups -OCH3 is 2. The van der Waals surface area contributed by atoms with E-state index in [9.17, 15) is 10.1 Å². The van der Waals surface area contributed by atoms with Crippen molar-refractivity contribution >= 4 is 29.2 Å². The van der Waals surface area contributed by atoms with Gasteiger partial charge < -0.3 is 14.2 Å². The summed E-state index contributed by atoms with van der Waals surface area (Å²) in [6, 6.07) is 14.2. The Balaban J connectivity index is 2.31. The quantitative estimate of drug-likeness (QED) is 0.339. The van der Waals surface area contributed by atoms with E-state index in [4.69, 9.17) is 25.8 Å². The zero-order valence-electron chi connectivity index (χ0n) is 13.8.